The number of hydrogen-bond acceptors (Lipinski definition) is 6. The van der Waals surface area contributed by atoms with Crippen LogP contribution in [0.15, 0.2) is 121 Å². The highest BCUT2D eigenvalue weighted by Gasteiger charge is 2.30. The molecule has 6 nitrogen and oxygen atoms in total. The van der Waals surface area contributed by atoms with Gasteiger partial charge >= 0.3 is 0 Å². The maximum absolute atomic E-state index is 6.22. The van der Waals surface area contributed by atoms with Crippen molar-refractivity contribution in [1.29, 1.82) is 0 Å². The smallest absolute Gasteiger partial charge is 0.133 e. The summed E-state index contributed by atoms with van der Waals surface area (Å²) in [6.45, 7) is 0. The fourth-order valence-corrected chi connectivity index (χ4v) is 6.54. The molecule has 8 rings (SSSR count). The monoisotopic (exact) mass is 574 g/mol. The third-order valence-electron chi connectivity index (χ3n) is 8.66. The molecular weight excluding hydrogens is 544 g/mol. The molecule has 0 atom stereocenters. The second-order valence-electron chi connectivity index (χ2n) is 11.5. The third kappa shape index (κ3) is 4.27. The number of nitrogen functional groups attached to an aromatic ring is 4. The SMILES string of the molecule is Nc1ccc2c(c1)Oc1cc(N)ccc1C2c1ccc(-c2ccc(C3c4ccc(N)cc4Oc4cc(N)ccc43)cc2)cc1. The maximum atomic E-state index is 6.22. The van der Waals surface area contributed by atoms with Gasteiger partial charge in [-0.2, -0.15) is 0 Å². The Hall–Kier alpha value is -5.88. The van der Waals surface area contributed by atoms with Gasteiger partial charge in [-0.1, -0.05) is 72.8 Å². The molecule has 0 aromatic heterocycles. The highest BCUT2D eigenvalue weighted by atomic mass is 16.5. The molecule has 214 valence electrons. The van der Waals surface area contributed by atoms with Crippen molar-refractivity contribution in [2.75, 3.05) is 22.9 Å². The summed E-state index contributed by atoms with van der Waals surface area (Å²) in [5.41, 5.74) is 35.9. The van der Waals surface area contributed by atoms with Crippen molar-refractivity contribution >= 4 is 22.7 Å². The predicted octanol–water partition coefficient (Wildman–Crippen LogP) is 8.25. The van der Waals surface area contributed by atoms with Gasteiger partial charge in [0.1, 0.15) is 23.0 Å². The molecule has 6 aromatic carbocycles. The average Bonchev–Trinajstić information content (AvgIpc) is 3.02. The highest BCUT2D eigenvalue weighted by molar-refractivity contribution is 5.69. The standard InChI is InChI=1S/C38H30N4O2/c39-25-9-13-29-33(17-25)43-34-18-26(40)10-14-30(34)37(29)23-5-1-21(2-6-23)22-3-7-24(8-4-22)38-31-15-11-27(41)19-35(31)44-36-20-28(42)12-16-32(36)38/h1-20,37-38H,39-42H2. The van der Waals surface area contributed by atoms with Gasteiger partial charge < -0.3 is 32.4 Å². The van der Waals surface area contributed by atoms with Crippen LogP contribution in [0.4, 0.5) is 22.7 Å². The molecule has 0 bridgehead atoms. The molecule has 0 spiro atoms. The van der Waals surface area contributed by atoms with Crippen LogP contribution in [0, 0.1) is 0 Å². The minimum atomic E-state index is 0.00288. The van der Waals surface area contributed by atoms with Crippen molar-refractivity contribution in [2.24, 2.45) is 0 Å². The Morgan fingerprint density at radius 3 is 0.886 bits per heavy atom. The normalized spacial score (nSPS) is 13.5. The zero-order chi connectivity index (χ0) is 29.9. The lowest BCUT2D eigenvalue weighted by Crippen LogP contribution is -2.12. The van der Waals surface area contributed by atoms with Crippen molar-refractivity contribution in [3.05, 3.63) is 155 Å². The molecule has 0 fully saturated rings. The first-order chi connectivity index (χ1) is 21.4. The highest BCUT2D eigenvalue weighted by Crippen LogP contribution is 2.50. The summed E-state index contributed by atoms with van der Waals surface area (Å²) in [5.74, 6) is 3.04. The summed E-state index contributed by atoms with van der Waals surface area (Å²) in [5, 5.41) is 0. The number of nitrogens with two attached hydrogens (primary N) is 4. The number of ether oxygens (including phenoxy) is 2. The minimum Gasteiger partial charge on any atom is -0.457 e. The number of anilines is 4. The first kappa shape index (κ1) is 25.8. The van der Waals surface area contributed by atoms with E-state index in [-0.39, 0.29) is 11.8 Å². The van der Waals surface area contributed by atoms with Crippen molar-refractivity contribution in [2.45, 2.75) is 11.8 Å². The van der Waals surface area contributed by atoms with E-state index in [9.17, 15) is 0 Å². The summed E-state index contributed by atoms with van der Waals surface area (Å²) in [7, 11) is 0. The van der Waals surface area contributed by atoms with Gasteiger partial charge in [0, 0.05) is 81.1 Å². The molecular formula is C38H30N4O2. The van der Waals surface area contributed by atoms with Crippen LogP contribution in [0.3, 0.4) is 0 Å². The van der Waals surface area contributed by atoms with Crippen molar-refractivity contribution < 1.29 is 9.47 Å². The van der Waals surface area contributed by atoms with Crippen LogP contribution < -0.4 is 32.4 Å². The van der Waals surface area contributed by atoms with Gasteiger partial charge in [0.05, 0.1) is 0 Å². The van der Waals surface area contributed by atoms with Crippen LogP contribution in [-0.4, -0.2) is 0 Å². The molecule has 0 radical (unpaired) electrons. The van der Waals surface area contributed by atoms with E-state index in [1.165, 1.54) is 11.1 Å². The molecule has 8 N–H and O–H groups in total. The van der Waals surface area contributed by atoms with Crippen LogP contribution in [0.25, 0.3) is 11.1 Å². The van der Waals surface area contributed by atoms with Gasteiger partial charge in [-0.3, -0.25) is 0 Å². The van der Waals surface area contributed by atoms with E-state index >= 15 is 0 Å². The molecule has 2 aliphatic heterocycles. The maximum Gasteiger partial charge on any atom is 0.133 e. The second-order valence-corrected chi connectivity index (χ2v) is 11.5. The summed E-state index contributed by atoms with van der Waals surface area (Å²) >= 11 is 0. The molecule has 0 unspecified atom stereocenters. The fourth-order valence-electron chi connectivity index (χ4n) is 6.54. The second kappa shape index (κ2) is 9.85. The van der Waals surface area contributed by atoms with Crippen LogP contribution in [0.1, 0.15) is 45.2 Å². The van der Waals surface area contributed by atoms with Gasteiger partial charge in [0.2, 0.25) is 0 Å². The Labute approximate surface area is 255 Å². The van der Waals surface area contributed by atoms with Gasteiger partial charge in [0.15, 0.2) is 0 Å². The van der Waals surface area contributed by atoms with Crippen LogP contribution in [0.2, 0.25) is 0 Å². The van der Waals surface area contributed by atoms with E-state index in [4.69, 9.17) is 32.4 Å². The van der Waals surface area contributed by atoms with E-state index in [0.717, 1.165) is 56.4 Å². The van der Waals surface area contributed by atoms with Crippen LogP contribution >= 0.6 is 0 Å². The van der Waals surface area contributed by atoms with E-state index in [0.29, 0.717) is 22.7 Å². The van der Waals surface area contributed by atoms with E-state index < -0.39 is 0 Å². The summed E-state index contributed by atoms with van der Waals surface area (Å²) in [6, 6.07) is 40.9. The zero-order valence-corrected chi connectivity index (χ0v) is 23.8. The van der Waals surface area contributed by atoms with Crippen LogP contribution in [0.5, 0.6) is 23.0 Å². The van der Waals surface area contributed by atoms with Gasteiger partial charge in [-0.25, -0.2) is 0 Å². The number of hydrogen-bond donors (Lipinski definition) is 4. The molecule has 44 heavy (non-hydrogen) atoms. The Morgan fingerprint density at radius 2 is 0.614 bits per heavy atom. The van der Waals surface area contributed by atoms with Gasteiger partial charge in [-0.05, 0) is 46.5 Å². The number of rotatable bonds is 3. The molecule has 2 heterocycles. The first-order valence-corrected chi connectivity index (χ1v) is 14.5. The minimum absolute atomic E-state index is 0.00288. The van der Waals surface area contributed by atoms with E-state index in [1.54, 1.807) is 0 Å². The van der Waals surface area contributed by atoms with E-state index in [2.05, 4.69) is 72.8 Å². The topological polar surface area (TPSA) is 123 Å². The number of benzene rings is 6. The van der Waals surface area contributed by atoms with Crippen LogP contribution in [-0.2, 0) is 0 Å². The Bertz CT molecular complexity index is 1820. The molecule has 0 amide bonds. The van der Waals surface area contributed by atoms with Crippen molar-refractivity contribution in [3.63, 3.8) is 0 Å². The first-order valence-electron chi connectivity index (χ1n) is 14.5. The molecule has 0 saturated heterocycles. The number of fused-ring (bicyclic) bond motifs is 4. The zero-order valence-electron chi connectivity index (χ0n) is 23.8. The quantitative estimate of drug-likeness (QED) is 0.158. The van der Waals surface area contributed by atoms with Gasteiger partial charge in [-0.15, -0.1) is 0 Å². The summed E-state index contributed by atoms with van der Waals surface area (Å²) < 4.78 is 12.4. The lowest BCUT2D eigenvalue weighted by molar-refractivity contribution is 0.453. The molecule has 6 aromatic rings. The Kier molecular flexibility index (Phi) is 5.78. The lowest BCUT2D eigenvalue weighted by Gasteiger charge is -2.29. The lowest BCUT2D eigenvalue weighted by atomic mass is 9.81. The average molecular weight is 575 g/mol. The van der Waals surface area contributed by atoms with Gasteiger partial charge in [0.25, 0.3) is 0 Å². The largest absolute Gasteiger partial charge is 0.457 e. The molecule has 6 heteroatoms. The molecule has 0 aliphatic carbocycles. The summed E-state index contributed by atoms with van der Waals surface area (Å²) in [4.78, 5) is 0. The van der Waals surface area contributed by atoms with Crippen molar-refractivity contribution in [3.8, 4) is 34.1 Å². The molecule has 0 saturated carbocycles. The molecule has 2 aliphatic rings. The van der Waals surface area contributed by atoms with E-state index in [1.807, 2.05) is 48.5 Å². The van der Waals surface area contributed by atoms with Crippen molar-refractivity contribution in [1.82, 2.24) is 0 Å². The summed E-state index contributed by atoms with van der Waals surface area (Å²) in [6.07, 6.45) is 0. The fraction of sp³-hybridized carbons (Fsp3) is 0.0526. The predicted molar refractivity (Wildman–Crippen MR) is 177 cm³/mol. The Balaban J connectivity index is 1.14. The third-order valence-corrected chi connectivity index (χ3v) is 8.66. The Morgan fingerprint density at radius 1 is 0.341 bits per heavy atom.